The number of nitrogens with one attached hydrogen (secondary N) is 1. The van der Waals surface area contributed by atoms with Gasteiger partial charge < -0.3 is 9.88 Å². The van der Waals surface area contributed by atoms with E-state index in [2.05, 4.69) is 121 Å². The summed E-state index contributed by atoms with van der Waals surface area (Å²) < 4.78 is 2.34. The first-order valence-electron chi connectivity index (χ1n) is 10.3. The molecule has 1 N–H and O–H groups in total. The van der Waals surface area contributed by atoms with Gasteiger partial charge in [-0.1, -0.05) is 60.7 Å². The predicted molar refractivity (Wildman–Crippen MR) is 128 cm³/mol. The van der Waals surface area contributed by atoms with E-state index in [4.69, 9.17) is 0 Å². The summed E-state index contributed by atoms with van der Waals surface area (Å²) in [5.41, 5.74) is 9.68. The third-order valence-electron chi connectivity index (χ3n) is 5.83. The van der Waals surface area contributed by atoms with E-state index in [1.165, 1.54) is 39.0 Å². The SMILES string of the molecule is Cc1c(C)n(-c2ccc(Nc3ccc(-c4ccccc4)cc3)cc2)c2ccccc12. The molecule has 0 spiro atoms. The van der Waals surface area contributed by atoms with Crippen LogP contribution in [-0.4, -0.2) is 4.57 Å². The Morgan fingerprint density at radius 2 is 1.13 bits per heavy atom. The molecule has 0 aliphatic heterocycles. The Hall–Kier alpha value is -3.78. The lowest BCUT2D eigenvalue weighted by Crippen LogP contribution is -1.97. The highest BCUT2D eigenvalue weighted by atomic mass is 15.0. The van der Waals surface area contributed by atoms with Gasteiger partial charge in [-0.15, -0.1) is 0 Å². The molecule has 1 heterocycles. The van der Waals surface area contributed by atoms with Gasteiger partial charge in [0.05, 0.1) is 5.52 Å². The molecule has 0 amide bonds. The van der Waals surface area contributed by atoms with Gasteiger partial charge in [0, 0.05) is 28.1 Å². The lowest BCUT2D eigenvalue weighted by atomic mass is 10.1. The van der Waals surface area contributed by atoms with Gasteiger partial charge in [-0.2, -0.15) is 0 Å². The van der Waals surface area contributed by atoms with E-state index in [9.17, 15) is 0 Å². The molecule has 0 bridgehead atoms. The summed E-state index contributed by atoms with van der Waals surface area (Å²) in [5.74, 6) is 0. The lowest BCUT2D eigenvalue weighted by molar-refractivity contribution is 1.04. The second-order valence-electron chi connectivity index (χ2n) is 7.68. The van der Waals surface area contributed by atoms with E-state index in [-0.39, 0.29) is 0 Å². The average Bonchev–Trinajstić information content (AvgIpc) is 3.06. The normalized spacial score (nSPS) is 11.0. The van der Waals surface area contributed by atoms with Crippen LogP contribution in [0.3, 0.4) is 0 Å². The van der Waals surface area contributed by atoms with Crippen molar-refractivity contribution in [2.24, 2.45) is 0 Å². The van der Waals surface area contributed by atoms with Crippen LogP contribution >= 0.6 is 0 Å². The van der Waals surface area contributed by atoms with Crippen LogP contribution in [-0.2, 0) is 0 Å². The van der Waals surface area contributed by atoms with Crippen LogP contribution in [0.2, 0.25) is 0 Å². The van der Waals surface area contributed by atoms with Gasteiger partial charge in [-0.05, 0) is 73.0 Å². The van der Waals surface area contributed by atoms with E-state index in [1.54, 1.807) is 0 Å². The standard InChI is InChI=1S/C28H24N2/c1-20-21(2)30(28-11-7-6-10-27(20)28)26-18-16-25(17-19-26)29-24-14-12-23(13-15-24)22-8-4-3-5-9-22/h3-19,29H,1-2H3. The number of para-hydroxylation sites is 1. The number of rotatable bonds is 4. The molecular formula is C28H24N2. The second kappa shape index (κ2) is 7.57. The molecule has 146 valence electrons. The summed E-state index contributed by atoms with van der Waals surface area (Å²) in [6, 6.07) is 36.3. The highest BCUT2D eigenvalue weighted by molar-refractivity contribution is 5.87. The minimum absolute atomic E-state index is 1.08. The highest BCUT2D eigenvalue weighted by Crippen LogP contribution is 2.29. The maximum absolute atomic E-state index is 3.51. The molecule has 0 unspecified atom stereocenters. The van der Waals surface area contributed by atoms with Crippen molar-refractivity contribution in [3.8, 4) is 16.8 Å². The van der Waals surface area contributed by atoms with Crippen LogP contribution in [0.4, 0.5) is 11.4 Å². The maximum atomic E-state index is 3.51. The number of aryl methyl sites for hydroxylation is 1. The lowest BCUT2D eigenvalue weighted by Gasteiger charge is -2.12. The third-order valence-corrected chi connectivity index (χ3v) is 5.83. The van der Waals surface area contributed by atoms with Crippen LogP contribution in [0.5, 0.6) is 0 Å². The molecule has 0 radical (unpaired) electrons. The van der Waals surface area contributed by atoms with Gasteiger partial charge >= 0.3 is 0 Å². The fourth-order valence-electron chi connectivity index (χ4n) is 4.10. The van der Waals surface area contributed by atoms with Gasteiger partial charge in [0.15, 0.2) is 0 Å². The van der Waals surface area contributed by atoms with Crippen molar-refractivity contribution < 1.29 is 0 Å². The van der Waals surface area contributed by atoms with Crippen LogP contribution in [0, 0.1) is 13.8 Å². The van der Waals surface area contributed by atoms with Crippen molar-refractivity contribution in [2.45, 2.75) is 13.8 Å². The Morgan fingerprint density at radius 3 is 1.83 bits per heavy atom. The summed E-state index contributed by atoms with van der Waals surface area (Å²) >= 11 is 0. The fraction of sp³-hybridized carbons (Fsp3) is 0.0714. The summed E-state index contributed by atoms with van der Waals surface area (Å²) in [4.78, 5) is 0. The molecule has 0 saturated heterocycles. The van der Waals surface area contributed by atoms with Crippen LogP contribution in [0.25, 0.3) is 27.7 Å². The van der Waals surface area contributed by atoms with Gasteiger partial charge in [-0.3, -0.25) is 0 Å². The number of benzene rings is 4. The zero-order valence-electron chi connectivity index (χ0n) is 17.3. The smallest absolute Gasteiger partial charge is 0.0534 e. The zero-order chi connectivity index (χ0) is 20.5. The van der Waals surface area contributed by atoms with Crippen molar-refractivity contribution >= 4 is 22.3 Å². The molecule has 30 heavy (non-hydrogen) atoms. The Bertz CT molecular complexity index is 1300. The zero-order valence-corrected chi connectivity index (χ0v) is 17.3. The Kier molecular flexibility index (Phi) is 4.61. The molecule has 5 aromatic rings. The molecule has 0 saturated carbocycles. The Labute approximate surface area is 177 Å². The van der Waals surface area contributed by atoms with Crippen molar-refractivity contribution in [1.82, 2.24) is 4.57 Å². The number of nitrogens with zero attached hydrogens (tertiary/aromatic N) is 1. The van der Waals surface area contributed by atoms with Gasteiger partial charge in [0.2, 0.25) is 0 Å². The highest BCUT2D eigenvalue weighted by Gasteiger charge is 2.11. The molecule has 0 aliphatic carbocycles. The van der Waals surface area contributed by atoms with Crippen molar-refractivity contribution in [1.29, 1.82) is 0 Å². The number of aromatic nitrogens is 1. The summed E-state index contributed by atoms with van der Waals surface area (Å²) in [6.45, 7) is 4.39. The summed E-state index contributed by atoms with van der Waals surface area (Å²) in [5, 5.41) is 4.82. The van der Waals surface area contributed by atoms with Crippen molar-refractivity contribution in [3.63, 3.8) is 0 Å². The summed E-state index contributed by atoms with van der Waals surface area (Å²) in [6.07, 6.45) is 0. The van der Waals surface area contributed by atoms with E-state index >= 15 is 0 Å². The Balaban J connectivity index is 1.39. The van der Waals surface area contributed by atoms with Gasteiger partial charge in [0.1, 0.15) is 0 Å². The number of hydrogen-bond donors (Lipinski definition) is 1. The van der Waals surface area contributed by atoms with Crippen molar-refractivity contribution in [2.75, 3.05) is 5.32 Å². The molecule has 0 fully saturated rings. The molecule has 0 aliphatic rings. The molecule has 5 rings (SSSR count). The average molecular weight is 389 g/mol. The number of anilines is 2. The van der Waals surface area contributed by atoms with E-state index in [0.717, 1.165) is 11.4 Å². The van der Waals surface area contributed by atoms with E-state index in [0.29, 0.717) is 0 Å². The monoisotopic (exact) mass is 388 g/mol. The molecule has 2 nitrogen and oxygen atoms in total. The Morgan fingerprint density at radius 1 is 0.567 bits per heavy atom. The van der Waals surface area contributed by atoms with Crippen LogP contribution in [0.15, 0.2) is 103 Å². The molecule has 4 aromatic carbocycles. The van der Waals surface area contributed by atoms with E-state index in [1.807, 2.05) is 6.07 Å². The molecule has 1 aromatic heterocycles. The maximum Gasteiger partial charge on any atom is 0.0534 e. The first-order chi connectivity index (χ1) is 14.7. The minimum atomic E-state index is 1.08. The van der Waals surface area contributed by atoms with Gasteiger partial charge in [0.25, 0.3) is 0 Å². The largest absolute Gasteiger partial charge is 0.356 e. The molecular weight excluding hydrogens is 364 g/mol. The van der Waals surface area contributed by atoms with Crippen LogP contribution in [0.1, 0.15) is 11.3 Å². The second-order valence-corrected chi connectivity index (χ2v) is 7.68. The van der Waals surface area contributed by atoms with Crippen molar-refractivity contribution in [3.05, 3.63) is 114 Å². The first-order valence-corrected chi connectivity index (χ1v) is 10.3. The number of fused-ring (bicyclic) bond motifs is 1. The first kappa shape index (κ1) is 18.3. The molecule has 2 heteroatoms. The predicted octanol–water partition coefficient (Wildman–Crippen LogP) is 7.66. The minimum Gasteiger partial charge on any atom is -0.356 e. The quantitative estimate of drug-likeness (QED) is 0.334. The third kappa shape index (κ3) is 3.27. The van der Waals surface area contributed by atoms with Crippen LogP contribution < -0.4 is 5.32 Å². The van der Waals surface area contributed by atoms with E-state index < -0.39 is 0 Å². The van der Waals surface area contributed by atoms with Gasteiger partial charge in [-0.25, -0.2) is 0 Å². The summed E-state index contributed by atoms with van der Waals surface area (Å²) in [7, 11) is 0. The topological polar surface area (TPSA) is 17.0 Å². The number of hydrogen-bond acceptors (Lipinski definition) is 1. The fourth-order valence-corrected chi connectivity index (χ4v) is 4.10. The molecule has 0 atom stereocenters.